The molecule has 0 spiro atoms. The minimum absolute atomic E-state index is 0.00168. The number of carbonyl (C=O) groups excluding carboxylic acids is 1. The van der Waals surface area contributed by atoms with Gasteiger partial charge in [-0.2, -0.15) is 0 Å². The lowest BCUT2D eigenvalue weighted by molar-refractivity contribution is 0.261. The predicted octanol–water partition coefficient (Wildman–Crippen LogP) is 3.32. The minimum Gasteiger partial charge on any atom is -0.506 e. The van der Waals surface area contributed by atoms with Crippen LogP contribution in [0.2, 0.25) is 0 Å². The quantitative estimate of drug-likeness (QED) is 0.734. The molecule has 2 rings (SSSR count). The number of phenols is 1. The number of anilines is 2. The summed E-state index contributed by atoms with van der Waals surface area (Å²) in [6, 6.07) is 7.64. The van der Waals surface area contributed by atoms with Crippen LogP contribution in [0.1, 0.15) is 26.5 Å². The summed E-state index contributed by atoms with van der Waals surface area (Å²) in [5, 5.41) is 18.4. The van der Waals surface area contributed by atoms with E-state index in [-0.39, 0.29) is 11.2 Å². The molecule has 3 N–H and O–H groups in total. The highest BCUT2D eigenvalue weighted by molar-refractivity contribution is 6.00. The standard InChI is InChI=1S/C14H17N3O3/c1-14(2,3)11-8-12(17-20-11)16-13(19)15-9-6-4-5-7-10(9)18/h4-8,18H,1-3H3,(H2,15,16,17,19). The number of aromatic hydroxyl groups is 1. The van der Waals surface area contributed by atoms with Crippen molar-refractivity contribution in [2.75, 3.05) is 10.6 Å². The summed E-state index contributed by atoms with van der Waals surface area (Å²) in [5.74, 6) is 0.997. The maximum Gasteiger partial charge on any atom is 0.325 e. The average molecular weight is 275 g/mol. The van der Waals surface area contributed by atoms with Crippen molar-refractivity contribution in [2.24, 2.45) is 0 Å². The second kappa shape index (κ2) is 5.24. The van der Waals surface area contributed by atoms with Gasteiger partial charge in [0.25, 0.3) is 0 Å². The van der Waals surface area contributed by atoms with Crippen LogP contribution in [-0.2, 0) is 5.41 Å². The normalized spacial score (nSPS) is 11.2. The first-order chi connectivity index (χ1) is 9.36. The first-order valence-corrected chi connectivity index (χ1v) is 6.19. The van der Waals surface area contributed by atoms with Gasteiger partial charge in [-0.15, -0.1) is 0 Å². The lowest BCUT2D eigenvalue weighted by Gasteiger charge is -2.12. The summed E-state index contributed by atoms with van der Waals surface area (Å²) < 4.78 is 5.16. The highest BCUT2D eigenvalue weighted by atomic mass is 16.5. The molecule has 0 aliphatic carbocycles. The Balaban J connectivity index is 2.02. The van der Waals surface area contributed by atoms with Crippen molar-refractivity contribution in [3.63, 3.8) is 0 Å². The molecule has 0 bridgehead atoms. The molecule has 6 nitrogen and oxygen atoms in total. The fraction of sp³-hybridized carbons (Fsp3) is 0.286. The van der Waals surface area contributed by atoms with E-state index in [1.807, 2.05) is 20.8 Å². The fourth-order valence-corrected chi connectivity index (χ4v) is 1.54. The Morgan fingerprint density at radius 2 is 1.95 bits per heavy atom. The van der Waals surface area contributed by atoms with Crippen LogP contribution in [0.5, 0.6) is 5.75 Å². The van der Waals surface area contributed by atoms with Gasteiger partial charge in [-0.25, -0.2) is 4.79 Å². The van der Waals surface area contributed by atoms with E-state index in [2.05, 4.69) is 15.8 Å². The number of hydrogen-bond donors (Lipinski definition) is 3. The Hall–Kier alpha value is -2.50. The molecule has 1 aromatic heterocycles. The Kier molecular flexibility index (Phi) is 3.65. The highest BCUT2D eigenvalue weighted by Crippen LogP contribution is 2.25. The van der Waals surface area contributed by atoms with Gasteiger partial charge >= 0.3 is 6.03 Å². The number of phenolic OH excluding ortho intramolecular Hbond substituents is 1. The molecule has 0 aliphatic rings. The zero-order valence-corrected chi connectivity index (χ0v) is 11.6. The fourth-order valence-electron chi connectivity index (χ4n) is 1.54. The van der Waals surface area contributed by atoms with Gasteiger partial charge < -0.3 is 14.9 Å². The smallest absolute Gasteiger partial charge is 0.325 e. The summed E-state index contributed by atoms with van der Waals surface area (Å²) in [4.78, 5) is 11.8. The molecule has 1 aromatic carbocycles. The molecular weight excluding hydrogens is 258 g/mol. The topological polar surface area (TPSA) is 87.4 Å². The van der Waals surface area contributed by atoms with Gasteiger partial charge in [0.1, 0.15) is 11.5 Å². The zero-order chi connectivity index (χ0) is 14.8. The van der Waals surface area contributed by atoms with Gasteiger partial charge in [-0.3, -0.25) is 5.32 Å². The highest BCUT2D eigenvalue weighted by Gasteiger charge is 2.20. The maximum atomic E-state index is 11.8. The molecule has 0 unspecified atom stereocenters. The van der Waals surface area contributed by atoms with Crippen molar-refractivity contribution in [3.05, 3.63) is 36.1 Å². The van der Waals surface area contributed by atoms with E-state index in [0.717, 1.165) is 0 Å². The van der Waals surface area contributed by atoms with Gasteiger partial charge in [0, 0.05) is 11.5 Å². The number of nitrogens with one attached hydrogen (secondary N) is 2. The van der Waals surface area contributed by atoms with Crippen molar-refractivity contribution >= 4 is 17.5 Å². The Morgan fingerprint density at radius 1 is 1.25 bits per heavy atom. The molecule has 0 saturated carbocycles. The molecule has 0 radical (unpaired) electrons. The van der Waals surface area contributed by atoms with E-state index < -0.39 is 6.03 Å². The summed E-state index contributed by atoms with van der Waals surface area (Å²) >= 11 is 0. The molecule has 2 aromatic rings. The third-order valence-electron chi connectivity index (χ3n) is 2.64. The van der Waals surface area contributed by atoms with Crippen molar-refractivity contribution in [1.29, 1.82) is 0 Å². The zero-order valence-electron chi connectivity index (χ0n) is 11.6. The monoisotopic (exact) mass is 275 g/mol. The van der Waals surface area contributed by atoms with E-state index >= 15 is 0 Å². The van der Waals surface area contributed by atoms with Crippen LogP contribution in [0.4, 0.5) is 16.3 Å². The Bertz CT molecular complexity index is 614. The molecule has 106 valence electrons. The largest absolute Gasteiger partial charge is 0.506 e. The van der Waals surface area contributed by atoms with Crippen LogP contribution in [0, 0.1) is 0 Å². The maximum absolute atomic E-state index is 11.8. The van der Waals surface area contributed by atoms with Crippen molar-refractivity contribution in [3.8, 4) is 5.75 Å². The van der Waals surface area contributed by atoms with E-state index in [1.165, 1.54) is 6.07 Å². The van der Waals surface area contributed by atoms with E-state index in [1.54, 1.807) is 24.3 Å². The number of rotatable bonds is 2. The van der Waals surface area contributed by atoms with Gasteiger partial charge in [-0.1, -0.05) is 38.1 Å². The van der Waals surface area contributed by atoms with Crippen molar-refractivity contribution in [2.45, 2.75) is 26.2 Å². The number of benzene rings is 1. The molecule has 1 heterocycles. The summed E-state index contributed by atoms with van der Waals surface area (Å²) in [6.07, 6.45) is 0. The van der Waals surface area contributed by atoms with Gasteiger partial charge in [0.2, 0.25) is 0 Å². The lowest BCUT2D eigenvalue weighted by atomic mass is 9.93. The van der Waals surface area contributed by atoms with Crippen molar-refractivity contribution < 1.29 is 14.4 Å². The number of hydrogen-bond acceptors (Lipinski definition) is 4. The third-order valence-corrected chi connectivity index (χ3v) is 2.64. The molecule has 2 amide bonds. The van der Waals surface area contributed by atoms with E-state index in [0.29, 0.717) is 17.3 Å². The van der Waals surface area contributed by atoms with Crippen LogP contribution >= 0.6 is 0 Å². The molecule has 0 aliphatic heterocycles. The molecule has 20 heavy (non-hydrogen) atoms. The van der Waals surface area contributed by atoms with Crippen LogP contribution in [0.3, 0.4) is 0 Å². The molecule has 6 heteroatoms. The second-order valence-corrected chi connectivity index (χ2v) is 5.42. The van der Waals surface area contributed by atoms with E-state index in [9.17, 15) is 9.90 Å². The van der Waals surface area contributed by atoms with Crippen LogP contribution in [0.25, 0.3) is 0 Å². The number of nitrogens with zero attached hydrogens (tertiary/aromatic N) is 1. The molecule has 0 saturated heterocycles. The SMILES string of the molecule is CC(C)(C)c1cc(NC(=O)Nc2ccccc2O)no1. The minimum atomic E-state index is -0.500. The summed E-state index contributed by atoms with van der Waals surface area (Å²) in [7, 11) is 0. The number of amides is 2. The number of aromatic nitrogens is 1. The molecular formula is C14H17N3O3. The number of urea groups is 1. The average Bonchev–Trinajstić information content (AvgIpc) is 2.80. The summed E-state index contributed by atoms with van der Waals surface area (Å²) in [6.45, 7) is 5.96. The van der Waals surface area contributed by atoms with Crippen LogP contribution in [-0.4, -0.2) is 16.3 Å². The van der Waals surface area contributed by atoms with Gasteiger partial charge in [0.15, 0.2) is 5.82 Å². The molecule has 0 fully saturated rings. The van der Waals surface area contributed by atoms with Gasteiger partial charge in [-0.05, 0) is 12.1 Å². The summed E-state index contributed by atoms with van der Waals surface area (Å²) in [5.41, 5.74) is 0.144. The molecule has 0 atom stereocenters. The lowest BCUT2D eigenvalue weighted by Crippen LogP contribution is -2.19. The van der Waals surface area contributed by atoms with Crippen LogP contribution < -0.4 is 10.6 Å². The first-order valence-electron chi connectivity index (χ1n) is 6.19. The number of para-hydroxylation sites is 2. The van der Waals surface area contributed by atoms with Crippen LogP contribution in [0.15, 0.2) is 34.9 Å². The Morgan fingerprint density at radius 3 is 2.55 bits per heavy atom. The predicted molar refractivity (Wildman–Crippen MR) is 76.0 cm³/mol. The van der Waals surface area contributed by atoms with Crippen molar-refractivity contribution in [1.82, 2.24) is 5.16 Å². The van der Waals surface area contributed by atoms with Gasteiger partial charge in [0.05, 0.1) is 5.69 Å². The number of carbonyl (C=O) groups is 1. The van der Waals surface area contributed by atoms with E-state index in [4.69, 9.17) is 4.52 Å². The third kappa shape index (κ3) is 3.28. The Labute approximate surface area is 116 Å². The first kappa shape index (κ1) is 13.9. The second-order valence-electron chi connectivity index (χ2n) is 5.42.